The van der Waals surface area contributed by atoms with Crippen molar-refractivity contribution in [3.8, 4) is 16.9 Å². The summed E-state index contributed by atoms with van der Waals surface area (Å²) < 4.78 is 10.1. The second-order valence-electron chi connectivity index (χ2n) is 11.7. The number of aromatic carboxylic acids is 1. The van der Waals surface area contributed by atoms with Gasteiger partial charge in [0.15, 0.2) is 0 Å². The number of halogens is 2. The van der Waals surface area contributed by atoms with Gasteiger partial charge in [0.1, 0.15) is 11.4 Å². The lowest BCUT2D eigenvalue weighted by molar-refractivity contribution is 0.0685. The number of carboxylic acid groups (broad SMARTS) is 1. The number of fused-ring (bicyclic) bond motifs is 6. The molecule has 2 aromatic carbocycles. The summed E-state index contributed by atoms with van der Waals surface area (Å²) in [6.07, 6.45) is 6.12. The van der Waals surface area contributed by atoms with Crippen molar-refractivity contribution in [2.24, 2.45) is 17.8 Å². The molecule has 0 atom stereocenters. The third kappa shape index (κ3) is 6.41. The first-order valence-electron chi connectivity index (χ1n) is 15.3. The number of thioether (sulfide) groups is 2. The Morgan fingerprint density at radius 3 is 2.70 bits per heavy atom. The number of aromatic nitrogens is 3. The molecule has 0 unspecified atom stereocenters. The normalized spacial score (nSPS) is 17.2. The number of nitrogens with two attached hydrogens (primary N) is 1. The highest BCUT2D eigenvalue weighted by Gasteiger charge is 2.29. The number of aliphatic imine (C=N–C) groups is 1. The van der Waals surface area contributed by atoms with Gasteiger partial charge in [-0.1, -0.05) is 29.3 Å². The van der Waals surface area contributed by atoms with Crippen LogP contribution in [0.15, 0.2) is 45.9 Å². The molecule has 46 heavy (non-hydrogen) atoms. The van der Waals surface area contributed by atoms with E-state index >= 15 is 0 Å². The van der Waals surface area contributed by atoms with Gasteiger partial charge in [-0.2, -0.15) is 5.10 Å². The Morgan fingerprint density at radius 2 is 1.91 bits per heavy atom. The van der Waals surface area contributed by atoms with E-state index in [0.29, 0.717) is 52.5 Å². The number of aryl methyl sites for hydroxylation is 3. The topological polar surface area (TPSA) is 108 Å². The fraction of sp³-hybridized carbons (Fsp3) is 0.382. The smallest absolute Gasteiger partial charge is 0.352 e. The fourth-order valence-electron chi connectivity index (χ4n) is 6.44. The number of nitrogens with zero attached hydrogens (tertiary/aromatic N) is 4. The number of benzene rings is 2. The lowest BCUT2D eigenvalue weighted by atomic mass is 9.95. The van der Waals surface area contributed by atoms with Crippen LogP contribution in [0.3, 0.4) is 0 Å². The van der Waals surface area contributed by atoms with Crippen molar-refractivity contribution < 1.29 is 14.6 Å². The van der Waals surface area contributed by atoms with Crippen LogP contribution in [0.1, 0.15) is 52.3 Å². The predicted octanol–water partition coefficient (Wildman–Crippen LogP) is 7.96. The summed E-state index contributed by atoms with van der Waals surface area (Å²) >= 11 is 17.0. The van der Waals surface area contributed by atoms with Gasteiger partial charge in [-0.3, -0.25) is 9.67 Å². The average Bonchev–Trinajstić information content (AvgIpc) is 3.53. The van der Waals surface area contributed by atoms with Gasteiger partial charge in [0.25, 0.3) is 0 Å². The molecule has 0 saturated carbocycles. The molecule has 0 aliphatic carbocycles. The van der Waals surface area contributed by atoms with Crippen molar-refractivity contribution in [3.63, 3.8) is 0 Å². The van der Waals surface area contributed by atoms with Crippen molar-refractivity contribution in [2.75, 3.05) is 25.2 Å². The molecule has 0 amide bonds. The summed E-state index contributed by atoms with van der Waals surface area (Å²) in [5.74, 6) is 1.58. The van der Waals surface area contributed by atoms with Crippen LogP contribution in [-0.4, -0.2) is 56.3 Å². The zero-order valence-corrected chi connectivity index (χ0v) is 29.3. The third-order valence-corrected chi connectivity index (χ3v) is 11.6. The molecule has 6 rings (SSSR count). The minimum Gasteiger partial charge on any atom is -0.493 e. The van der Waals surface area contributed by atoms with Crippen LogP contribution in [0.4, 0.5) is 0 Å². The molecule has 2 aliphatic rings. The summed E-state index contributed by atoms with van der Waals surface area (Å²) in [6.45, 7) is 3.25. The van der Waals surface area contributed by atoms with Crippen molar-refractivity contribution in [2.45, 2.75) is 56.2 Å². The monoisotopic (exact) mass is 697 g/mol. The van der Waals surface area contributed by atoms with Crippen molar-refractivity contribution in [1.29, 1.82) is 0 Å². The van der Waals surface area contributed by atoms with E-state index in [2.05, 4.69) is 9.67 Å². The fourth-order valence-corrected chi connectivity index (χ4v) is 8.81. The van der Waals surface area contributed by atoms with Gasteiger partial charge in [-0.25, -0.2) is 4.79 Å². The van der Waals surface area contributed by atoms with E-state index < -0.39 is 5.97 Å². The molecule has 4 heterocycles. The van der Waals surface area contributed by atoms with Gasteiger partial charge in [0.2, 0.25) is 0 Å². The second-order valence-corrected chi connectivity index (χ2v) is 14.5. The van der Waals surface area contributed by atoms with Crippen LogP contribution in [0.5, 0.6) is 5.75 Å². The number of allylic oxidation sites excluding steroid dienone is 1. The maximum Gasteiger partial charge on any atom is 0.352 e. The summed E-state index contributed by atoms with van der Waals surface area (Å²) in [5.41, 5.74) is 14.9. The minimum atomic E-state index is -0.969. The number of ether oxygens (including phenoxy) is 1. The van der Waals surface area contributed by atoms with Crippen LogP contribution in [-0.2, 0) is 32.2 Å². The van der Waals surface area contributed by atoms with Crippen molar-refractivity contribution in [1.82, 2.24) is 14.3 Å². The predicted molar refractivity (Wildman–Crippen MR) is 192 cm³/mol. The average molecular weight is 699 g/mol. The number of hydrogen-bond acceptors (Lipinski definition) is 7. The maximum absolute atomic E-state index is 12.7. The van der Waals surface area contributed by atoms with Gasteiger partial charge < -0.3 is 20.1 Å². The molecule has 12 heteroatoms. The van der Waals surface area contributed by atoms with E-state index in [1.165, 1.54) is 0 Å². The molecule has 242 valence electrons. The van der Waals surface area contributed by atoms with Gasteiger partial charge in [-0.05, 0) is 74.4 Å². The molecule has 8 nitrogen and oxygen atoms in total. The molecule has 2 aliphatic heterocycles. The molecule has 6 bridgehead atoms. The highest BCUT2D eigenvalue weighted by molar-refractivity contribution is 8.00. The van der Waals surface area contributed by atoms with Gasteiger partial charge in [0.05, 0.1) is 22.8 Å². The second kappa shape index (κ2) is 14.0. The molecule has 3 N–H and O–H groups in total. The first-order valence-corrected chi connectivity index (χ1v) is 18.2. The first-order chi connectivity index (χ1) is 22.2. The third-order valence-electron chi connectivity index (χ3n) is 8.66. The molecule has 4 aromatic rings. The molecule has 0 radical (unpaired) electrons. The molecule has 0 spiro atoms. The molecule has 0 saturated heterocycles. The Labute approximate surface area is 287 Å². The Kier molecular flexibility index (Phi) is 9.99. The Bertz CT molecular complexity index is 1900. The highest BCUT2D eigenvalue weighted by atomic mass is 35.5. The Balaban J connectivity index is 1.48. The molecule has 2 aromatic heterocycles. The quantitative estimate of drug-likeness (QED) is 0.208. The summed E-state index contributed by atoms with van der Waals surface area (Å²) in [6, 6.07) is 7.68. The molecule has 0 fully saturated rings. The van der Waals surface area contributed by atoms with Crippen LogP contribution >= 0.6 is 46.7 Å². The van der Waals surface area contributed by atoms with Crippen LogP contribution in [0.25, 0.3) is 22.0 Å². The standard InChI is InChI=1S/C34H37Cl2N5O3S2/c1-19-26(36)14-22-15-29(19)46-17-21(38-2)13-20(37)16-45-18-27-31(28-8-4-5-11-41(28)39-27)30-25(35)10-9-24-23(7-6-12-44-22)33(34(42)43)40(3)32(24)30/h9-10,13-15H,4-8,11-12,16-18,37H2,1-3H3,(H,42,43). The van der Waals surface area contributed by atoms with E-state index in [0.717, 1.165) is 86.7 Å². The van der Waals surface area contributed by atoms with Crippen molar-refractivity contribution in [3.05, 3.63) is 74.3 Å². The van der Waals surface area contributed by atoms with Crippen LogP contribution in [0, 0.1) is 6.92 Å². The van der Waals surface area contributed by atoms with E-state index in [1.54, 1.807) is 35.1 Å². The van der Waals surface area contributed by atoms with Crippen molar-refractivity contribution >= 4 is 69.3 Å². The lowest BCUT2D eigenvalue weighted by Gasteiger charge is -2.16. The lowest BCUT2D eigenvalue weighted by Crippen LogP contribution is -2.11. The highest BCUT2D eigenvalue weighted by Crippen LogP contribution is 2.44. The molecular formula is C34H37Cl2N5O3S2. The number of carbonyl (C=O) groups is 1. The maximum atomic E-state index is 12.7. The zero-order valence-electron chi connectivity index (χ0n) is 26.2. The summed E-state index contributed by atoms with van der Waals surface area (Å²) in [5, 5.41) is 17.6. The van der Waals surface area contributed by atoms with Crippen LogP contribution in [0.2, 0.25) is 10.0 Å². The van der Waals surface area contributed by atoms with E-state index in [1.807, 2.05) is 44.3 Å². The Hall–Kier alpha value is -3.05. The van der Waals surface area contributed by atoms with Gasteiger partial charge in [0, 0.05) is 81.4 Å². The summed E-state index contributed by atoms with van der Waals surface area (Å²) in [4.78, 5) is 18.2. The van der Waals surface area contributed by atoms with Gasteiger partial charge >= 0.3 is 5.97 Å². The minimum absolute atomic E-state index is 0.265. The SMILES string of the molecule is CN=C1C=C(N)CSCc2nn3c(c2-c2c(Cl)ccc4c(c(C(=O)O)n(C)c24)CCCOc2cc(Cl)c(C)c(c2)SC1)CCCC3. The van der Waals surface area contributed by atoms with Crippen LogP contribution < -0.4 is 10.5 Å². The molecular weight excluding hydrogens is 661 g/mol. The Morgan fingerprint density at radius 1 is 1.09 bits per heavy atom. The van der Waals surface area contributed by atoms with E-state index in [4.69, 9.17) is 38.8 Å². The van der Waals surface area contributed by atoms with E-state index in [-0.39, 0.29) is 5.69 Å². The van der Waals surface area contributed by atoms with E-state index in [9.17, 15) is 9.90 Å². The summed E-state index contributed by atoms with van der Waals surface area (Å²) in [7, 11) is 3.60. The number of carboxylic acids is 1. The number of rotatable bonds is 1. The number of hydrogen-bond donors (Lipinski definition) is 2. The first kappa shape index (κ1) is 32.9. The van der Waals surface area contributed by atoms with Gasteiger partial charge in [-0.15, -0.1) is 23.5 Å². The largest absolute Gasteiger partial charge is 0.493 e. The zero-order chi connectivity index (χ0) is 32.5.